The minimum absolute atomic E-state index is 0.00330. The average molecular weight is 226 g/mol. The third kappa shape index (κ3) is 1.37. The van der Waals surface area contributed by atoms with Crippen molar-refractivity contribution >= 4 is 34.8 Å². The van der Waals surface area contributed by atoms with Crippen LogP contribution in [0, 0.1) is 13.8 Å². The Morgan fingerprint density at radius 1 is 0.833 bits per heavy atom. The first-order valence-electron chi connectivity index (χ1n) is 3.29. The Morgan fingerprint density at radius 2 is 1.33 bits per heavy atom. The van der Waals surface area contributed by atoms with Crippen LogP contribution in [0.5, 0.6) is 5.75 Å². The number of phenols is 1. The fraction of sp³-hybridized carbons (Fsp3) is 0.250. The van der Waals surface area contributed by atoms with Crippen LogP contribution in [0.25, 0.3) is 0 Å². The quantitative estimate of drug-likeness (QED) is 0.663. The Labute approximate surface area is 85.9 Å². The molecule has 0 atom stereocenters. The van der Waals surface area contributed by atoms with Gasteiger partial charge in [-0.25, -0.2) is 0 Å². The van der Waals surface area contributed by atoms with Crippen LogP contribution in [0.3, 0.4) is 0 Å². The topological polar surface area (TPSA) is 20.2 Å². The molecule has 0 saturated carbocycles. The van der Waals surface area contributed by atoms with E-state index in [0.717, 1.165) is 5.56 Å². The number of halogens is 3. The minimum Gasteiger partial charge on any atom is -0.506 e. The predicted octanol–water partition coefficient (Wildman–Crippen LogP) is 3.97. The van der Waals surface area contributed by atoms with Gasteiger partial charge in [-0.05, 0) is 25.0 Å². The molecule has 1 aromatic rings. The van der Waals surface area contributed by atoms with E-state index < -0.39 is 0 Å². The molecule has 0 aromatic heterocycles. The molecular formula is C8H7Cl3O. The molecule has 1 rings (SSSR count). The summed E-state index contributed by atoms with van der Waals surface area (Å²) in [6.45, 7) is 3.51. The summed E-state index contributed by atoms with van der Waals surface area (Å²) in [5.41, 5.74) is 1.41. The van der Waals surface area contributed by atoms with Crippen LogP contribution < -0.4 is 0 Å². The first-order valence-corrected chi connectivity index (χ1v) is 4.42. The maximum Gasteiger partial charge on any atom is 0.138 e. The fourth-order valence-corrected chi connectivity index (χ4v) is 1.62. The van der Waals surface area contributed by atoms with Crippen molar-refractivity contribution in [3.63, 3.8) is 0 Å². The van der Waals surface area contributed by atoms with Gasteiger partial charge in [-0.3, -0.25) is 0 Å². The molecule has 1 aromatic carbocycles. The Hall–Kier alpha value is -0.110. The summed E-state index contributed by atoms with van der Waals surface area (Å²) in [5, 5.41) is 10.1. The van der Waals surface area contributed by atoms with Crippen molar-refractivity contribution in [3.8, 4) is 5.75 Å². The van der Waals surface area contributed by atoms with E-state index in [1.54, 1.807) is 13.8 Å². The van der Waals surface area contributed by atoms with Crippen molar-refractivity contribution in [1.29, 1.82) is 0 Å². The van der Waals surface area contributed by atoms with E-state index >= 15 is 0 Å². The zero-order valence-electron chi connectivity index (χ0n) is 6.58. The molecule has 1 nitrogen and oxygen atoms in total. The molecule has 0 aliphatic rings. The molecule has 0 spiro atoms. The highest BCUT2D eigenvalue weighted by molar-refractivity contribution is 6.49. The first kappa shape index (κ1) is 9.97. The molecule has 0 unspecified atom stereocenters. The second-order valence-corrected chi connectivity index (χ2v) is 3.67. The molecule has 0 heterocycles. The van der Waals surface area contributed by atoms with E-state index in [4.69, 9.17) is 34.8 Å². The van der Waals surface area contributed by atoms with Gasteiger partial charge in [-0.15, -0.1) is 0 Å². The lowest BCUT2D eigenvalue weighted by molar-refractivity contribution is 0.471. The normalized spacial score (nSPS) is 10.4. The number of benzene rings is 1. The van der Waals surface area contributed by atoms with Gasteiger partial charge in [-0.2, -0.15) is 0 Å². The van der Waals surface area contributed by atoms with E-state index in [9.17, 15) is 5.11 Å². The Balaban J connectivity index is 3.60. The molecule has 0 saturated heterocycles. The summed E-state index contributed by atoms with van der Waals surface area (Å²) in [4.78, 5) is 0. The summed E-state index contributed by atoms with van der Waals surface area (Å²) in [6, 6.07) is 0. The van der Waals surface area contributed by atoms with Crippen LogP contribution in [-0.4, -0.2) is 5.11 Å². The van der Waals surface area contributed by atoms with Gasteiger partial charge in [0.25, 0.3) is 0 Å². The molecule has 0 radical (unpaired) electrons. The monoisotopic (exact) mass is 224 g/mol. The lowest BCUT2D eigenvalue weighted by atomic mass is 10.1. The SMILES string of the molecule is Cc1c(C)c(Cl)c(Cl)c(Cl)c1O. The van der Waals surface area contributed by atoms with Gasteiger partial charge in [0.05, 0.1) is 10.0 Å². The van der Waals surface area contributed by atoms with Crippen molar-refractivity contribution in [1.82, 2.24) is 0 Å². The number of hydrogen-bond donors (Lipinski definition) is 1. The molecule has 0 aliphatic carbocycles. The molecule has 1 N–H and O–H groups in total. The zero-order chi connectivity index (χ0) is 9.46. The van der Waals surface area contributed by atoms with Crippen molar-refractivity contribution < 1.29 is 5.11 Å². The van der Waals surface area contributed by atoms with Crippen molar-refractivity contribution in [2.45, 2.75) is 13.8 Å². The summed E-state index contributed by atoms with van der Waals surface area (Å²) in [5.74, 6) is 0.00330. The number of aromatic hydroxyl groups is 1. The lowest BCUT2D eigenvalue weighted by Crippen LogP contribution is -1.86. The fourth-order valence-electron chi connectivity index (χ4n) is 0.872. The summed E-state index contributed by atoms with van der Waals surface area (Å²) < 4.78 is 0. The molecular weight excluding hydrogens is 218 g/mol. The maximum atomic E-state index is 9.42. The Kier molecular flexibility index (Phi) is 2.77. The van der Waals surface area contributed by atoms with Crippen molar-refractivity contribution in [2.24, 2.45) is 0 Å². The van der Waals surface area contributed by atoms with Gasteiger partial charge in [0.1, 0.15) is 10.8 Å². The summed E-state index contributed by atoms with van der Waals surface area (Å²) in [7, 11) is 0. The molecule has 66 valence electrons. The third-order valence-electron chi connectivity index (χ3n) is 1.84. The number of rotatable bonds is 0. The summed E-state index contributed by atoms with van der Waals surface area (Å²) >= 11 is 17.3. The molecule has 0 aliphatic heterocycles. The van der Waals surface area contributed by atoms with Gasteiger partial charge in [0.15, 0.2) is 0 Å². The number of phenolic OH excluding ortho intramolecular Hbond substituents is 1. The zero-order valence-corrected chi connectivity index (χ0v) is 8.85. The third-order valence-corrected chi connectivity index (χ3v) is 3.25. The van der Waals surface area contributed by atoms with Crippen LogP contribution in [0.4, 0.5) is 0 Å². The van der Waals surface area contributed by atoms with Crippen LogP contribution in [0.1, 0.15) is 11.1 Å². The first-order chi connectivity index (χ1) is 5.46. The van der Waals surface area contributed by atoms with Crippen LogP contribution in [-0.2, 0) is 0 Å². The lowest BCUT2D eigenvalue weighted by Gasteiger charge is -2.09. The molecule has 12 heavy (non-hydrogen) atoms. The second-order valence-electron chi connectivity index (χ2n) is 2.54. The average Bonchev–Trinajstić information content (AvgIpc) is 2.08. The smallest absolute Gasteiger partial charge is 0.138 e. The maximum absolute atomic E-state index is 9.42. The van der Waals surface area contributed by atoms with E-state index in [0.29, 0.717) is 10.6 Å². The van der Waals surface area contributed by atoms with Crippen molar-refractivity contribution in [3.05, 3.63) is 26.2 Å². The number of hydrogen-bond acceptors (Lipinski definition) is 1. The van der Waals surface area contributed by atoms with E-state index in [1.165, 1.54) is 0 Å². The largest absolute Gasteiger partial charge is 0.506 e. The molecule has 0 fully saturated rings. The van der Waals surface area contributed by atoms with Crippen LogP contribution in [0.15, 0.2) is 0 Å². The standard InChI is InChI=1S/C8H7Cl3O/c1-3-4(2)8(12)7(11)6(10)5(3)9/h12H,1-2H3. The van der Waals surface area contributed by atoms with E-state index in [-0.39, 0.29) is 15.8 Å². The highest BCUT2D eigenvalue weighted by Gasteiger charge is 2.14. The van der Waals surface area contributed by atoms with Gasteiger partial charge in [-0.1, -0.05) is 34.8 Å². The molecule has 0 amide bonds. The van der Waals surface area contributed by atoms with Crippen LogP contribution in [0.2, 0.25) is 15.1 Å². The van der Waals surface area contributed by atoms with Crippen LogP contribution >= 0.6 is 34.8 Å². The van der Waals surface area contributed by atoms with Gasteiger partial charge >= 0.3 is 0 Å². The van der Waals surface area contributed by atoms with E-state index in [2.05, 4.69) is 0 Å². The predicted molar refractivity (Wildman–Crippen MR) is 52.6 cm³/mol. The van der Waals surface area contributed by atoms with E-state index in [1.807, 2.05) is 0 Å². The Bertz CT molecular complexity index is 229. The van der Waals surface area contributed by atoms with Gasteiger partial charge < -0.3 is 5.11 Å². The van der Waals surface area contributed by atoms with Gasteiger partial charge in [0, 0.05) is 0 Å². The molecule has 0 bridgehead atoms. The van der Waals surface area contributed by atoms with Gasteiger partial charge in [0.2, 0.25) is 0 Å². The Morgan fingerprint density at radius 3 is 1.83 bits per heavy atom. The highest BCUT2D eigenvalue weighted by Crippen LogP contribution is 2.41. The highest BCUT2D eigenvalue weighted by atomic mass is 35.5. The van der Waals surface area contributed by atoms with Crippen molar-refractivity contribution in [2.75, 3.05) is 0 Å². The second kappa shape index (κ2) is 3.33. The minimum atomic E-state index is 0.00330. The molecule has 4 heteroatoms. The summed E-state index contributed by atoms with van der Waals surface area (Å²) in [6.07, 6.45) is 0.